The van der Waals surface area contributed by atoms with Crippen LogP contribution in [0.4, 0.5) is 13.2 Å². The quantitative estimate of drug-likeness (QED) is 0.833. The second-order valence-electron chi connectivity index (χ2n) is 5.47. The fourth-order valence-corrected chi connectivity index (χ4v) is 3.12. The van der Waals surface area contributed by atoms with E-state index < -0.39 is 17.3 Å². The van der Waals surface area contributed by atoms with Crippen molar-refractivity contribution in [1.82, 2.24) is 5.32 Å². The van der Waals surface area contributed by atoms with Gasteiger partial charge in [-0.05, 0) is 17.7 Å². The molecule has 1 unspecified atom stereocenters. The van der Waals surface area contributed by atoms with E-state index in [1.165, 1.54) is 12.1 Å². The third-order valence-corrected chi connectivity index (χ3v) is 4.36. The molecule has 20 heavy (non-hydrogen) atoms. The van der Waals surface area contributed by atoms with Crippen LogP contribution in [0.25, 0.3) is 0 Å². The van der Waals surface area contributed by atoms with Gasteiger partial charge >= 0.3 is 6.18 Å². The lowest BCUT2D eigenvalue weighted by Gasteiger charge is -2.45. The molecule has 2 N–H and O–H groups in total. The molecule has 1 saturated heterocycles. The van der Waals surface area contributed by atoms with E-state index in [9.17, 15) is 18.3 Å². The van der Waals surface area contributed by atoms with Crippen LogP contribution in [0.2, 0.25) is 5.02 Å². The first kappa shape index (κ1) is 15.6. The summed E-state index contributed by atoms with van der Waals surface area (Å²) in [6, 6.07) is 3.57. The number of halogens is 4. The first-order chi connectivity index (χ1) is 9.17. The van der Waals surface area contributed by atoms with Crippen LogP contribution in [0.5, 0.6) is 0 Å². The highest BCUT2D eigenvalue weighted by Crippen LogP contribution is 2.45. The molecular weight excluding hydrogens is 291 g/mol. The van der Waals surface area contributed by atoms with Gasteiger partial charge in [-0.1, -0.05) is 31.5 Å². The van der Waals surface area contributed by atoms with Crippen molar-refractivity contribution in [1.29, 1.82) is 0 Å². The largest absolute Gasteiger partial charge is 0.416 e. The molecule has 1 aromatic rings. The fraction of sp³-hybridized carbons (Fsp3) is 0.571. The molecule has 6 heteroatoms. The highest BCUT2D eigenvalue weighted by atomic mass is 35.5. The molecule has 0 spiro atoms. The molecule has 0 aromatic heterocycles. The molecular formula is C14H17ClF3NO. The van der Waals surface area contributed by atoms with Gasteiger partial charge in [0.25, 0.3) is 0 Å². The van der Waals surface area contributed by atoms with Crippen LogP contribution in [-0.4, -0.2) is 18.2 Å². The highest BCUT2D eigenvalue weighted by Gasteiger charge is 2.48. The Morgan fingerprint density at radius 3 is 2.30 bits per heavy atom. The van der Waals surface area contributed by atoms with Crippen molar-refractivity contribution in [3.8, 4) is 0 Å². The Hall–Kier alpha value is -0.780. The molecule has 1 heterocycles. The molecule has 2 rings (SSSR count). The predicted molar refractivity (Wildman–Crippen MR) is 71.5 cm³/mol. The van der Waals surface area contributed by atoms with Gasteiger partial charge in [0.15, 0.2) is 0 Å². The van der Waals surface area contributed by atoms with Crippen molar-refractivity contribution in [3.63, 3.8) is 0 Å². The summed E-state index contributed by atoms with van der Waals surface area (Å²) in [5.74, 6) is -0.651. The second-order valence-corrected chi connectivity index (χ2v) is 5.91. The van der Waals surface area contributed by atoms with Crippen molar-refractivity contribution in [2.75, 3.05) is 13.1 Å². The number of benzene rings is 1. The van der Waals surface area contributed by atoms with Crippen molar-refractivity contribution in [2.24, 2.45) is 11.8 Å². The third-order valence-electron chi connectivity index (χ3n) is 4.12. The number of piperidine rings is 1. The fourth-order valence-electron chi connectivity index (χ4n) is 2.94. The van der Waals surface area contributed by atoms with Crippen molar-refractivity contribution >= 4 is 11.6 Å². The minimum Gasteiger partial charge on any atom is -0.384 e. The topological polar surface area (TPSA) is 32.3 Å². The van der Waals surface area contributed by atoms with E-state index in [1.807, 2.05) is 0 Å². The summed E-state index contributed by atoms with van der Waals surface area (Å²) in [6.07, 6.45) is -4.54. The van der Waals surface area contributed by atoms with Crippen LogP contribution in [0.1, 0.15) is 25.0 Å². The Kier molecular flexibility index (Phi) is 4.06. The lowest BCUT2D eigenvalue weighted by molar-refractivity contribution is -0.145. The summed E-state index contributed by atoms with van der Waals surface area (Å²) in [6.45, 7) is 4.44. The number of hydrogen-bond acceptors (Lipinski definition) is 2. The molecule has 0 radical (unpaired) electrons. The lowest BCUT2D eigenvalue weighted by atomic mass is 9.70. The van der Waals surface area contributed by atoms with Gasteiger partial charge in [-0.25, -0.2) is 0 Å². The summed E-state index contributed by atoms with van der Waals surface area (Å²) < 4.78 is 39.7. The monoisotopic (exact) mass is 307 g/mol. The zero-order chi connectivity index (χ0) is 15.1. The van der Waals surface area contributed by atoms with Gasteiger partial charge in [0, 0.05) is 29.9 Å². The van der Waals surface area contributed by atoms with Crippen LogP contribution in [0.15, 0.2) is 18.2 Å². The maximum atomic E-state index is 13.2. The zero-order valence-electron chi connectivity index (χ0n) is 11.3. The summed E-state index contributed by atoms with van der Waals surface area (Å²) in [5, 5.41) is 14.1. The third kappa shape index (κ3) is 2.54. The summed E-state index contributed by atoms with van der Waals surface area (Å²) in [7, 11) is 0. The van der Waals surface area contributed by atoms with E-state index in [4.69, 9.17) is 11.6 Å². The molecule has 0 saturated carbocycles. The van der Waals surface area contributed by atoms with Crippen molar-refractivity contribution in [3.05, 3.63) is 34.3 Å². The van der Waals surface area contributed by atoms with Gasteiger partial charge in [0.1, 0.15) is 0 Å². The predicted octanol–water partition coefficient (Wildman–Crippen LogP) is 3.42. The van der Waals surface area contributed by atoms with Crippen LogP contribution in [-0.2, 0) is 11.8 Å². The van der Waals surface area contributed by atoms with Crippen molar-refractivity contribution < 1.29 is 18.3 Å². The Morgan fingerprint density at radius 1 is 1.25 bits per heavy atom. The molecule has 1 aromatic carbocycles. The average Bonchev–Trinajstić information content (AvgIpc) is 2.34. The van der Waals surface area contributed by atoms with Gasteiger partial charge in [0.05, 0.1) is 11.2 Å². The number of nitrogens with one attached hydrogen (secondary N) is 1. The Morgan fingerprint density at radius 2 is 1.80 bits per heavy atom. The number of aliphatic hydroxyl groups is 1. The normalized spacial score (nSPS) is 31.4. The Labute approximate surface area is 120 Å². The maximum Gasteiger partial charge on any atom is 0.416 e. The molecule has 2 nitrogen and oxygen atoms in total. The van der Waals surface area contributed by atoms with Crippen LogP contribution >= 0.6 is 11.6 Å². The number of hydrogen-bond donors (Lipinski definition) is 2. The minimum atomic E-state index is -4.54. The SMILES string of the molecule is C[C@@H]1CNC[C@H](C)C1(O)c1ccc(Cl)cc1C(F)(F)F. The highest BCUT2D eigenvalue weighted by molar-refractivity contribution is 6.30. The Balaban J connectivity index is 2.61. The van der Waals surface area contributed by atoms with Crippen molar-refractivity contribution in [2.45, 2.75) is 25.6 Å². The van der Waals surface area contributed by atoms with Gasteiger partial charge in [0.2, 0.25) is 0 Å². The number of alkyl halides is 3. The molecule has 0 aliphatic carbocycles. The summed E-state index contributed by atoms with van der Waals surface area (Å²) in [4.78, 5) is 0. The molecule has 3 atom stereocenters. The first-order valence-electron chi connectivity index (χ1n) is 6.47. The molecule has 1 fully saturated rings. The van der Waals surface area contributed by atoms with E-state index in [0.29, 0.717) is 13.1 Å². The zero-order valence-corrected chi connectivity index (χ0v) is 12.0. The van der Waals surface area contributed by atoms with E-state index >= 15 is 0 Å². The molecule has 1 aliphatic heterocycles. The van der Waals surface area contributed by atoms with Gasteiger partial charge < -0.3 is 10.4 Å². The lowest BCUT2D eigenvalue weighted by Crippen LogP contribution is -2.53. The molecule has 0 amide bonds. The first-order valence-corrected chi connectivity index (χ1v) is 6.85. The van der Waals surface area contributed by atoms with E-state index in [2.05, 4.69) is 5.32 Å². The standard InChI is InChI=1S/C14H17ClF3NO/c1-8-6-19-7-9(2)13(8,20)11-4-3-10(15)5-12(11)14(16,17)18/h3-5,8-9,19-20H,6-7H2,1-2H3/t8-,9+,13?. The molecule has 1 aliphatic rings. The molecule has 112 valence electrons. The van der Waals surface area contributed by atoms with E-state index in [-0.39, 0.29) is 22.4 Å². The Bertz CT molecular complexity index is 494. The summed E-state index contributed by atoms with van der Waals surface area (Å²) >= 11 is 5.69. The van der Waals surface area contributed by atoms with E-state index in [0.717, 1.165) is 6.07 Å². The second kappa shape index (κ2) is 5.20. The van der Waals surface area contributed by atoms with Crippen LogP contribution in [0, 0.1) is 11.8 Å². The number of rotatable bonds is 1. The van der Waals surface area contributed by atoms with Gasteiger partial charge in [-0.3, -0.25) is 0 Å². The van der Waals surface area contributed by atoms with Gasteiger partial charge in [-0.2, -0.15) is 13.2 Å². The van der Waals surface area contributed by atoms with Gasteiger partial charge in [-0.15, -0.1) is 0 Å². The minimum absolute atomic E-state index is 0.0129. The van der Waals surface area contributed by atoms with Crippen LogP contribution < -0.4 is 5.32 Å². The summed E-state index contributed by atoms with van der Waals surface area (Å²) in [5.41, 5.74) is -2.45. The van der Waals surface area contributed by atoms with Crippen LogP contribution in [0.3, 0.4) is 0 Å². The average molecular weight is 308 g/mol. The van der Waals surface area contributed by atoms with E-state index in [1.54, 1.807) is 13.8 Å². The maximum absolute atomic E-state index is 13.2. The molecule has 0 bridgehead atoms. The smallest absolute Gasteiger partial charge is 0.384 e.